The van der Waals surface area contributed by atoms with Gasteiger partial charge in [-0.1, -0.05) is 18.2 Å². The molecule has 0 aliphatic rings. The van der Waals surface area contributed by atoms with Crippen LogP contribution in [0.15, 0.2) is 54.2 Å². The van der Waals surface area contributed by atoms with E-state index in [1.165, 1.54) is 11.3 Å². The van der Waals surface area contributed by atoms with Gasteiger partial charge in [-0.2, -0.15) is 5.10 Å². The van der Waals surface area contributed by atoms with Gasteiger partial charge >= 0.3 is 0 Å². The van der Waals surface area contributed by atoms with Crippen molar-refractivity contribution in [3.05, 3.63) is 59.9 Å². The first-order valence-corrected chi connectivity index (χ1v) is 8.54. The summed E-state index contributed by atoms with van der Waals surface area (Å²) in [5.41, 5.74) is 0.933. The lowest BCUT2D eigenvalue weighted by Gasteiger charge is -2.14. The Morgan fingerprint density at radius 3 is 2.92 bits per heavy atom. The molecule has 1 atom stereocenters. The van der Waals surface area contributed by atoms with E-state index in [2.05, 4.69) is 15.4 Å². The lowest BCUT2D eigenvalue weighted by molar-refractivity contribution is -0.127. The summed E-state index contributed by atoms with van der Waals surface area (Å²) in [4.78, 5) is 16.6. The zero-order valence-electron chi connectivity index (χ0n) is 13.3. The van der Waals surface area contributed by atoms with Crippen molar-refractivity contribution in [3.63, 3.8) is 0 Å². The standard InChI is InChI=1S/C17H18N4O2S/c1-13(23-15-6-3-2-4-7-15)16(22)18-10-8-14-12-24-17(20-14)21-11-5-9-19-21/h2-7,9,11-13H,8,10H2,1H3,(H,18,22)/t13-/m1/s1. The minimum Gasteiger partial charge on any atom is -0.481 e. The SMILES string of the molecule is C[C@@H](Oc1ccccc1)C(=O)NCCc1csc(-n2cccn2)n1. The van der Waals surface area contributed by atoms with Crippen molar-refractivity contribution < 1.29 is 9.53 Å². The van der Waals surface area contributed by atoms with Crippen LogP contribution < -0.4 is 10.1 Å². The van der Waals surface area contributed by atoms with Crippen LogP contribution >= 0.6 is 11.3 Å². The lowest BCUT2D eigenvalue weighted by atomic mass is 10.3. The van der Waals surface area contributed by atoms with Gasteiger partial charge in [-0.05, 0) is 25.1 Å². The summed E-state index contributed by atoms with van der Waals surface area (Å²) in [7, 11) is 0. The van der Waals surface area contributed by atoms with E-state index in [9.17, 15) is 4.79 Å². The Kier molecular flexibility index (Phi) is 5.22. The molecule has 0 aliphatic carbocycles. The van der Waals surface area contributed by atoms with Gasteiger partial charge in [-0.25, -0.2) is 9.67 Å². The summed E-state index contributed by atoms with van der Waals surface area (Å²) in [6, 6.07) is 11.2. The molecule has 3 aromatic rings. The molecule has 1 aromatic carbocycles. The number of aromatic nitrogens is 3. The number of carbonyl (C=O) groups excluding carboxylic acids is 1. The van der Waals surface area contributed by atoms with E-state index in [4.69, 9.17) is 4.74 Å². The van der Waals surface area contributed by atoms with Crippen molar-refractivity contribution in [1.82, 2.24) is 20.1 Å². The number of ether oxygens (including phenoxy) is 1. The molecule has 0 radical (unpaired) electrons. The van der Waals surface area contributed by atoms with Gasteiger partial charge in [0.2, 0.25) is 5.13 Å². The van der Waals surface area contributed by atoms with E-state index < -0.39 is 6.10 Å². The van der Waals surface area contributed by atoms with Gasteiger partial charge in [-0.15, -0.1) is 11.3 Å². The highest BCUT2D eigenvalue weighted by Gasteiger charge is 2.14. The van der Waals surface area contributed by atoms with Crippen molar-refractivity contribution in [2.75, 3.05) is 6.54 Å². The quantitative estimate of drug-likeness (QED) is 0.716. The molecule has 6 nitrogen and oxygen atoms in total. The van der Waals surface area contributed by atoms with Crippen molar-refractivity contribution >= 4 is 17.2 Å². The number of benzene rings is 1. The van der Waals surface area contributed by atoms with Crippen LogP contribution in [0.4, 0.5) is 0 Å². The predicted octanol–water partition coefficient (Wildman–Crippen LogP) is 2.46. The van der Waals surface area contributed by atoms with Gasteiger partial charge in [0.25, 0.3) is 5.91 Å². The Bertz CT molecular complexity index is 771. The number of nitrogens with zero attached hydrogens (tertiary/aromatic N) is 3. The maximum Gasteiger partial charge on any atom is 0.260 e. The fraction of sp³-hybridized carbons (Fsp3) is 0.235. The number of thiazole rings is 1. The molecule has 0 fully saturated rings. The number of rotatable bonds is 7. The highest BCUT2D eigenvalue weighted by Crippen LogP contribution is 2.14. The Hall–Kier alpha value is -2.67. The summed E-state index contributed by atoms with van der Waals surface area (Å²) < 4.78 is 7.32. The van der Waals surface area contributed by atoms with Crippen LogP contribution in [0.25, 0.3) is 5.13 Å². The van der Waals surface area contributed by atoms with E-state index >= 15 is 0 Å². The minimum atomic E-state index is -0.539. The number of hydrogen-bond donors (Lipinski definition) is 1. The molecule has 124 valence electrons. The van der Waals surface area contributed by atoms with Crippen molar-refractivity contribution in [3.8, 4) is 10.9 Å². The van der Waals surface area contributed by atoms with E-state index in [-0.39, 0.29) is 5.91 Å². The molecule has 0 bridgehead atoms. The highest BCUT2D eigenvalue weighted by molar-refractivity contribution is 7.12. The number of nitrogens with one attached hydrogen (secondary N) is 1. The van der Waals surface area contributed by atoms with Gasteiger partial charge in [0.1, 0.15) is 5.75 Å². The van der Waals surface area contributed by atoms with E-state index in [0.29, 0.717) is 18.7 Å². The number of carbonyl (C=O) groups is 1. The summed E-state index contributed by atoms with van der Waals surface area (Å²) >= 11 is 1.53. The van der Waals surface area contributed by atoms with Crippen molar-refractivity contribution in [2.45, 2.75) is 19.4 Å². The number of para-hydroxylation sites is 1. The van der Waals surface area contributed by atoms with Crippen LogP contribution in [0.2, 0.25) is 0 Å². The van der Waals surface area contributed by atoms with Gasteiger partial charge in [0, 0.05) is 30.7 Å². The van der Waals surface area contributed by atoms with Gasteiger partial charge in [0.05, 0.1) is 5.69 Å². The Balaban J connectivity index is 1.45. The molecule has 1 N–H and O–H groups in total. The maximum atomic E-state index is 12.1. The molecule has 1 amide bonds. The second-order valence-electron chi connectivity index (χ2n) is 5.19. The van der Waals surface area contributed by atoms with Crippen LogP contribution in [0.5, 0.6) is 5.75 Å². The highest BCUT2D eigenvalue weighted by atomic mass is 32.1. The van der Waals surface area contributed by atoms with E-state index in [1.807, 2.05) is 48.0 Å². The molecule has 0 unspecified atom stereocenters. The first-order valence-electron chi connectivity index (χ1n) is 7.66. The van der Waals surface area contributed by atoms with Crippen molar-refractivity contribution in [2.24, 2.45) is 0 Å². The Morgan fingerprint density at radius 2 is 2.17 bits per heavy atom. The van der Waals surface area contributed by atoms with Crippen molar-refractivity contribution in [1.29, 1.82) is 0 Å². The number of amides is 1. The summed E-state index contributed by atoms with van der Waals surface area (Å²) in [6.45, 7) is 2.25. The zero-order valence-corrected chi connectivity index (χ0v) is 14.1. The molecule has 7 heteroatoms. The van der Waals surface area contributed by atoms with Crippen LogP contribution in [0.3, 0.4) is 0 Å². The molecule has 3 rings (SSSR count). The van der Waals surface area contributed by atoms with Crippen LogP contribution in [-0.4, -0.2) is 33.3 Å². The monoisotopic (exact) mass is 342 g/mol. The first kappa shape index (κ1) is 16.2. The van der Waals surface area contributed by atoms with E-state index in [1.54, 1.807) is 17.8 Å². The van der Waals surface area contributed by atoms with Gasteiger partial charge in [-0.3, -0.25) is 4.79 Å². The molecule has 0 aliphatic heterocycles. The fourth-order valence-corrected chi connectivity index (χ4v) is 2.91. The smallest absolute Gasteiger partial charge is 0.260 e. The third-order valence-corrected chi connectivity index (χ3v) is 4.22. The summed E-state index contributed by atoms with van der Waals surface area (Å²) in [5, 5.41) is 9.82. The molecule has 0 saturated carbocycles. The third-order valence-electron chi connectivity index (χ3n) is 3.35. The van der Waals surface area contributed by atoms with E-state index in [0.717, 1.165) is 10.8 Å². The Morgan fingerprint density at radius 1 is 1.33 bits per heavy atom. The minimum absolute atomic E-state index is 0.138. The zero-order chi connectivity index (χ0) is 16.8. The summed E-state index contributed by atoms with van der Waals surface area (Å²) in [6.07, 6.45) is 3.70. The second-order valence-corrected chi connectivity index (χ2v) is 6.02. The molecule has 0 spiro atoms. The first-order chi connectivity index (χ1) is 11.7. The average Bonchev–Trinajstić information content (AvgIpc) is 3.27. The maximum absolute atomic E-state index is 12.1. The predicted molar refractivity (Wildman–Crippen MR) is 92.5 cm³/mol. The molecule has 0 saturated heterocycles. The van der Waals surface area contributed by atoms with Gasteiger partial charge < -0.3 is 10.1 Å². The molecule has 2 heterocycles. The third kappa shape index (κ3) is 4.20. The van der Waals surface area contributed by atoms with Crippen LogP contribution in [0.1, 0.15) is 12.6 Å². The van der Waals surface area contributed by atoms with Crippen LogP contribution in [0, 0.1) is 0 Å². The fourth-order valence-electron chi connectivity index (χ4n) is 2.11. The molecular formula is C17H18N4O2S. The topological polar surface area (TPSA) is 69.0 Å². The summed E-state index contributed by atoms with van der Waals surface area (Å²) in [5.74, 6) is 0.546. The number of hydrogen-bond acceptors (Lipinski definition) is 5. The molecule has 2 aromatic heterocycles. The largest absolute Gasteiger partial charge is 0.481 e. The normalized spacial score (nSPS) is 11.9. The van der Waals surface area contributed by atoms with Crippen LogP contribution in [-0.2, 0) is 11.2 Å². The molecular weight excluding hydrogens is 324 g/mol. The Labute approximate surface area is 144 Å². The average molecular weight is 342 g/mol. The lowest BCUT2D eigenvalue weighted by Crippen LogP contribution is -2.37. The second kappa shape index (κ2) is 7.74. The van der Waals surface area contributed by atoms with Gasteiger partial charge in [0.15, 0.2) is 6.10 Å². The molecule has 24 heavy (non-hydrogen) atoms.